The number of carbonyl (C=O) groups excluding carboxylic acids is 3. The third-order valence-electron chi connectivity index (χ3n) is 7.91. The second kappa shape index (κ2) is 13.4. The van der Waals surface area contributed by atoms with Crippen molar-refractivity contribution in [3.05, 3.63) is 95.1 Å². The third kappa shape index (κ3) is 6.61. The average Bonchev–Trinajstić information content (AvgIpc) is 2.96. The summed E-state index contributed by atoms with van der Waals surface area (Å²) in [7, 11) is 1.45. The van der Waals surface area contributed by atoms with Crippen LogP contribution in [0.1, 0.15) is 45.2 Å². The molecule has 0 aromatic heterocycles. The van der Waals surface area contributed by atoms with E-state index < -0.39 is 70.0 Å². The lowest BCUT2D eigenvalue weighted by atomic mass is 9.71. The summed E-state index contributed by atoms with van der Waals surface area (Å²) in [5.41, 5.74) is -8.53. The number of benzene rings is 2. The Morgan fingerprint density at radius 3 is 1.67 bits per heavy atom. The van der Waals surface area contributed by atoms with Gasteiger partial charge in [-0.3, -0.25) is 4.79 Å². The number of halogens is 6. The Hall–Kier alpha value is -3.97. The number of Topliss-reactive ketones (excluding diaryl/α,β-unsaturated/α-hetero) is 1. The Morgan fingerprint density at radius 1 is 0.826 bits per heavy atom. The summed E-state index contributed by atoms with van der Waals surface area (Å²) in [4.78, 5) is 39.4. The first-order valence-electron chi connectivity index (χ1n) is 14.0. The van der Waals surface area contributed by atoms with E-state index in [9.17, 15) is 40.7 Å². The lowest BCUT2D eigenvalue weighted by Gasteiger charge is -2.38. The highest BCUT2D eigenvalue weighted by Gasteiger charge is 2.65. The lowest BCUT2D eigenvalue weighted by Crippen LogP contribution is -2.53. The molecular weight excluding hydrogens is 622 g/mol. The van der Waals surface area contributed by atoms with Gasteiger partial charge in [0.15, 0.2) is 11.9 Å². The van der Waals surface area contributed by atoms with Crippen molar-refractivity contribution in [1.29, 1.82) is 0 Å². The van der Waals surface area contributed by atoms with E-state index in [2.05, 4.69) is 0 Å². The number of ketones is 1. The molecule has 1 aliphatic carbocycles. The molecule has 1 aliphatic rings. The zero-order valence-corrected chi connectivity index (χ0v) is 25.9. The van der Waals surface area contributed by atoms with Crippen LogP contribution < -0.4 is 0 Å². The number of allylic oxidation sites excluding steroid dienone is 2. The standard InChI is InChI=1S/C33H34F6O7/c1-20(45-27(41)30(43-5,32(34,35)36)22-13-9-7-10-14-22)17-18-24-21(2)26(40)25(19-29(24,3)4)46-28(42)31(44-6,33(37,38)39)23-15-11-8-12-16-23/h7-18,20,25H,19H2,1-6H3/b18-17+/t20-,25-,30+,31+/m0/s1. The van der Waals surface area contributed by atoms with E-state index in [1.54, 1.807) is 13.8 Å². The van der Waals surface area contributed by atoms with Crippen LogP contribution in [-0.4, -0.2) is 56.5 Å². The fourth-order valence-electron chi connectivity index (χ4n) is 5.50. The Morgan fingerprint density at radius 2 is 1.26 bits per heavy atom. The molecule has 0 fully saturated rings. The molecule has 13 heteroatoms. The number of esters is 2. The molecule has 0 radical (unpaired) electrons. The van der Waals surface area contributed by atoms with Gasteiger partial charge in [0.25, 0.3) is 11.2 Å². The molecule has 0 saturated carbocycles. The van der Waals surface area contributed by atoms with Gasteiger partial charge in [-0.05, 0) is 36.5 Å². The number of hydrogen-bond acceptors (Lipinski definition) is 7. The third-order valence-corrected chi connectivity index (χ3v) is 7.91. The van der Waals surface area contributed by atoms with E-state index in [1.165, 1.54) is 62.4 Å². The number of rotatable bonds is 10. The van der Waals surface area contributed by atoms with Crippen molar-refractivity contribution in [2.24, 2.45) is 5.41 Å². The molecule has 3 rings (SSSR count). The van der Waals surface area contributed by atoms with E-state index in [0.29, 0.717) is 12.7 Å². The van der Waals surface area contributed by atoms with Gasteiger partial charge in [-0.15, -0.1) is 0 Å². The van der Waals surface area contributed by atoms with Gasteiger partial charge in [-0.25, -0.2) is 9.59 Å². The second-order valence-electron chi connectivity index (χ2n) is 11.4. The number of carbonyl (C=O) groups is 3. The Bertz CT molecular complexity index is 1480. The number of hydrogen-bond donors (Lipinski definition) is 0. The normalized spacial score (nSPS) is 20.5. The van der Waals surface area contributed by atoms with Crippen molar-refractivity contribution in [2.45, 2.75) is 69.9 Å². The summed E-state index contributed by atoms with van der Waals surface area (Å²) in [6.45, 7) is 5.96. The lowest BCUT2D eigenvalue weighted by molar-refractivity contribution is -0.278. The Labute approximate surface area is 262 Å². The van der Waals surface area contributed by atoms with Crippen molar-refractivity contribution < 1.29 is 59.7 Å². The largest absolute Gasteiger partial charge is 0.456 e. The minimum absolute atomic E-state index is 0.0318. The van der Waals surface area contributed by atoms with Crippen LogP contribution in [0, 0.1) is 5.41 Å². The summed E-state index contributed by atoms with van der Waals surface area (Å²) in [6, 6.07) is 12.4. The first kappa shape index (κ1) is 36.5. The van der Waals surface area contributed by atoms with Crippen molar-refractivity contribution in [2.75, 3.05) is 14.2 Å². The molecule has 250 valence electrons. The van der Waals surface area contributed by atoms with E-state index in [-0.39, 0.29) is 12.0 Å². The first-order valence-corrected chi connectivity index (χ1v) is 14.0. The fourth-order valence-corrected chi connectivity index (χ4v) is 5.50. The SMILES string of the molecule is CO[C@@](C(=O)O[C@H]1CC(C)(C)C(/C=C/[C@H](C)OC(=O)[C@](OC)(c2ccccc2)C(F)(F)F)=C(C)C1=O)(c1ccccc1)C(F)(F)F. The van der Waals surface area contributed by atoms with Gasteiger partial charge in [-0.1, -0.05) is 80.6 Å². The summed E-state index contributed by atoms with van der Waals surface area (Å²) in [5.74, 6) is -4.32. The van der Waals surface area contributed by atoms with Gasteiger partial charge in [-0.2, -0.15) is 26.3 Å². The van der Waals surface area contributed by atoms with Gasteiger partial charge < -0.3 is 18.9 Å². The predicted octanol–water partition coefficient (Wildman–Crippen LogP) is 6.91. The summed E-state index contributed by atoms with van der Waals surface area (Å²) >= 11 is 0. The van der Waals surface area contributed by atoms with Crippen LogP contribution >= 0.6 is 0 Å². The quantitative estimate of drug-likeness (QED) is 0.203. The second-order valence-corrected chi connectivity index (χ2v) is 11.4. The minimum Gasteiger partial charge on any atom is -0.456 e. The van der Waals surface area contributed by atoms with Crippen LogP contribution in [0.15, 0.2) is 84.0 Å². The molecule has 0 heterocycles. The van der Waals surface area contributed by atoms with Crippen molar-refractivity contribution >= 4 is 17.7 Å². The molecule has 2 aromatic carbocycles. The highest BCUT2D eigenvalue weighted by Crippen LogP contribution is 2.46. The monoisotopic (exact) mass is 656 g/mol. The molecular formula is C33H34F6O7. The van der Waals surface area contributed by atoms with Gasteiger partial charge in [0.2, 0.25) is 0 Å². The maximum Gasteiger partial charge on any atom is 0.432 e. The van der Waals surface area contributed by atoms with Crippen molar-refractivity contribution in [3.63, 3.8) is 0 Å². The maximum atomic E-state index is 14.3. The summed E-state index contributed by atoms with van der Waals surface area (Å²) < 4.78 is 106. The summed E-state index contributed by atoms with van der Waals surface area (Å²) in [5, 5.41) is 0. The van der Waals surface area contributed by atoms with E-state index in [1.807, 2.05) is 0 Å². The number of alkyl halides is 6. The molecule has 0 bridgehead atoms. The maximum absolute atomic E-state index is 14.3. The molecule has 0 unspecified atom stereocenters. The Balaban J connectivity index is 1.88. The van der Waals surface area contributed by atoms with Crippen LogP contribution in [0.5, 0.6) is 0 Å². The van der Waals surface area contributed by atoms with Gasteiger partial charge >= 0.3 is 24.3 Å². The van der Waals surface area contributed by atoms with Gasteiger partial charge in [0.05, 0.1) is 0 Å². The van der Waals surface area contributed by atoms with Crippen LogP contribution in [0.3, 0.4) is 0 Å². The van der Waals surface area contributed by atoms with E-state index >= 15 is 0 Å². The highest BCUT2D eigenvalue weighted by molar-refractivity contribution is 6.02. The zero-order valence-electron chi connectivity index (χ0n) is 25.9. The highest BCUT2D eigenvalue weighted by atomic mass is 19.4. The minimum atomic E-state index is -5.24. The topological polar surface area (TPSA) is 88.1 Å². The fraction of sp³-hybridized carbons (Fsp3) is 0.424. The Kier molecular flexibility index (Phi) is 10.6. The first-order chi connectivity index (χ1) is 21.3. The molecule has 7 nitrogen and oxygen atoms in total. The zero-order chi connectivity index (χ0) is 34.7. The molecule has 0 aliphatic heterocycles. The van der Waals surface area contributed by atoms with Crippen molar-refractivity contribution in [1.82, 2.24) is 0 Å². The summed E-state index contributed by atoms with van der Waals surface area (Å²) in [6.07, 6.45) is -10.9. The molecule has 46 heavy (non-hydrogen) atoms. The van der Waals surface area contributed by atoms with E-state index in [4.69, 9.17) is 18.9 Å². The smallest absolute Gasteiger partial charge is 0.432 e. The number of methoxy groups -OCH3 is 2. The van der Waals surface area contributed by atoms with Gasteiger partial charge in [0, 0.05) is 31.8 Å². The average molecular weight is 657 g/mol. The number of ether oxygens (including phenoxy) is 4. The van der Waals surface area contributed by atoms with E-state index in [0.717, 1.165) is 31.4 Å². The van der Waals surface area contributed by atoms with Crippen LogP contribution in [0.25, 0.3) is 0 Å². The van der Waals surface area contributed by atoms with Gasteiger partial charge in [0.1, 0.15) is 6.10 Å². The molecule has 2 aromatic rings. The van der Waals surface area contributed by atoms with Crippen LogP contribution in [0.4, 0.5) is 26.3 Å². The molecule has 0 spiro atoms. The van der Waals surface area contributed by atoms with Crippen molar-refractivity contribution in [3.8, 4) is 0 Å². The molecule has 4 atom stereocenters. The molecule has 0 saturated heterocycles. The van der Waals surface area contributed by atoms with Crippen LogP contribution in [0.2, 0.25) is 0 Å². The predicted molar refractivity (Wildman–Crippen MR) is 153 cm³/mol. The molecule has 0 amide bonds. The van der Waals surface area contributed by atoms with Crippen LogP contribution in [-0.2, 0) is 44.5 Å². The molecule has 0 N–H and O–H groups in total.